The van der Waals surface area contributed by atoms with Gasteiger partial charge in [-0.1, -0.05) is 17.7 Å². The maximum Gasteiger partial charge on any atom is 0.258 e. The zero-order valence-corrected chi connectivity index (χ0v) is 13.5. The molecule has 0 saturated heterocycles. The Hall–Kier alpha value is -2.00. The van der Waals surface area contributed by atoms with Crippen molar-refractivity contribution >= 4 is 23.2 Å². The van der Waals surface area contributed by atoms with Gasteiger partial charge < -0.3 is 9.64 Å². The third kappa shape index (κ3) is 2.57. The molecule has 0 fully saturated rings. The Morgan fingerprint density at radius 3 is 2.59 bits per heavy atom. The first-order chi connectivity index (χ1) is 10.6. The number of hydrogen-bond acceptors (Lipinski definition) is 2. The number of amides is 1. The van der Waals surface area contributed by atoms with Gasteiger partial charge in [0.1, 0.15) is 5.75 Å². The molecular formula is C18H18ClNO2. The first-order valence-corrected chi connectivity index (χ1v) is 7.73. The molecule has 0 bridgehead atoms. The molecule has 4 heteroatoms. The van der Waals surface area contributed by atoms with Gasteiger partial charge >= 0.3 is 0 Å². The van der Waals surface area contributed by atoms with E-state index in [1.807, 2.05) is 17.0 Å². The molecule has 0 spiro atoms. The molecule has 1 aliphatic rings. The molecule has 3 nitrogen and oxygen atoms in total. The van der Waals surface area contributed by atoms with E-state index in [0.717, 1.165) is 24.3 Å². The number of nitrogens with zero attached hydrogens (tertiary/aromatic N) is 1. The number of carbonyl (C=O) groups excluding carboxylic acids is 1. The molecule has 1 aliphatic heterocycles. The summed E-state index contributed by atoms with van der Waals surface area (Å²) >= 11 is 5.91. The first-order valence-electron chi connectivity index (χ1n) is 7.35. The predicted octanol–water partition coefficient (Wildman–Crippen LogP) is 4.25. The van der Waals surface area contributed by atoms with Crippen molar-refractivity contribution in [1.29, 1.82) is 0 Å². The summed E-state index contributed by atoms with van der Waals surface area (Å²) in [5, 5.41) is 0.629. The number of methoxy groups -OCH3 is 1. The van der Waals surface area contributed by atoms with E-state index in [4.69, 9.17) is 16.3 Å². The van der Waals surface area contributed by atoms with E-state index < -0.39 is 0 Å². The third-order valence-electron chi connectivity index (χ3n) is 4.11. The van der Waals surface area contributed by atoms with Crippen LogP contribution >= 0.6 is 11.6 Å². The second-order valence-electron chi connectivity index (χ2n) is 5.48. The monoisotopic (exact) mass is 315 g/mol. The SMILES string of the molecule is COc1ccc(C)c2c1N(C(=O)c1ccc(Cl)cc1)CCC2. The van der Waals surface area contributed by atoms with E-state index >= 15 is 0 Å². The molecule has 0 aromatic heterocycles. The van der Waals surface area contributed by atoms with Crippen LogP contribution in [0.5, 0.6) is 5.75 Å². The second kappa shape index (κ2) is 6.01. The summed E-state index contributed by atoms with van der Waals surface area (Å²) in [5.74, 6) is 0.740. The zero-order valence-electron chi connectivity index (χ0n) is 12.7. The van der Waals surface area contributed by atoms with Gasteiger partial charge in [-0.2, -0.15) is 0 Å². The van der Waals surface area contributed by atoms with Gasteiger partial charge in [0.05, 0.1) is 12.8 Å². The van der Waals surface area contributed by atoms with Crippen LogP contribution in [-0.4, -0.2) is 19.6 Å². The number of halogens is 1. The molecule has 0 atom stereocenters. The van der Waals surface area contributed by atoms with Gasteiger partial charge in [0.2, 0.25) is 0 Å². The van der Waals surface area contributed by atoms with Crippen molar-refractivity contribution in [3.05, 3.63) is 58.1 Å². The van der Waals surface area contributed by atoms with E-state index in [9.17, 15) is 4.79 Å². The second-order valence-corrected chi connectivity index (χ2v) is 5.92. The van der Waals surface area contributed by atoms with Gasteiger partial charge in [-0.15, -0.1) is 0 Å². The van der Waals surface area contributed by atoms with Crippen LogP contribution in [0.3, 0.4) is 0 Å². The average Bonchev–Trinajstić information content (AvgIpc) is 2.55. The molecule has 0 N–H and O–H groups in total. The minimum Gasteiger partial charge on any atom is -0.495 e. The molecule has 0 radical (unpaired) electrons. The van der Waals surface area contributed by atoms with E-state index in [1.54, 1.807) is 31.4 Å². The summed E-state index contributed by atoms with van der Waals surface area (Å²) in [4.78, 5) is 14.7. The third-order valence-corrected chi connectivity index (χ3v) is 4.37. The summed E-state index contributed by atoms with van der Waals surface area (Å²) in [6, 6.07) is 11.0. The van der Waals surface area contributed by atoms with Gasteiger partial charge in [-0.25, -0.2) is 0 Å². The molecule has 3 rings (SSSR count). The Morgan fingerprint density at radius 1 is 1.18 bits per heavy atom. The van der Waals surface area contributed by atoms with E-state index in [1.165, 1.54) is 11.1 Å². The van der Waals surface area contributed by atoms with Crippen LogP contribution in [0.1, 0.15) is 27.9 Å². The summed E-state index contributed by atoms with van der Waals surface area (Å²) < 4.78 is 5.49. The molecule has 0 saturated carbocycles. The highest BCUT2D eigenvalue weighted by atomic mass is 35.5. The molecular weight excluding hydrogens is 298 g/mol. The molecule has 1 amide bonds. The normalized spacial score (nSPS) is 13.7. The molecule has 2 aromatic carbocycles. The van der Waals surface area contributed by atoms with Crippen molar-refractivity contribution in [3.8, 4) is 5.75 Å². The lowest BCUT2D eigenvalue weighted by atomic mass is 9.95. The molecule has 0 unspecified atom stereocenters. The van der Waals surface area contributed by atoms with Crippen LogP contribution in [0, 0.1) is 6.92 Å². The zero-order chi connectivity index (χ0) is 15.7. The summed E-state index contributed by atoms with van der Waals surface area (Å²) in [6.45, 7) is 2.78. The largest absolute Gasteiger partial charge is 0.495 e. The summed E-state index contributed by atoms with van der Waals surface area (Å²) in [7, 11) is 1.64. The standard InChI is InChI=1S/C18H18ClNO2/c1-12-5-10-16(22-2)17-15(12)4-3-11-20(17)18(21)13-6-8-14(19)9-7-13/h5-10H,3-4,11H2,1-2H3. The predicted molar refractivity (Wildman–Crippen MR) is 89.2 cm³/mol. The average molecular weight is 316 g/mol. The van der Waals surface area contributed by atoms with Crippen molar-refractivity contribution in [2.24, 2.45) is 0 Å². The summed E-state index contributed by atoms with van der Waals surface area (Å²) in [5.41, 5.74) is 3.95. The molecule has 1 heterocycles. The number of hydrogen-bond donors (Lipinski definition) is 0. The lowest BCUT2D eigenvalue weighted by molar-refractivity contribution is 0.0984. The minimum atomic E-state index is -0.0125. The number of benzene rings is 2. The van der Waals surface area contributed by atoms with Crippen molar-refractivity contribution in [1.82, 2.24) is 0 Å². The van der Waals surface area contributed by atoms with Gasteiger partial charge in [0.15, 0.2) is 0 Å². The number of anilines is 1. The van der Waals surface area contributed by atoms with Crippen LogP contribution in [0.2, 0.25) is 5.02 Å². The Labute approximate surface area is 135 Å². The number of ether oxygens (including phenoxy) is 1. The van der Waals surface area contributed by atoms with E-state index in [-0.39, 0.29) is 5.91 Å². The molecule has 22 heavy (non-hydrogen) atoms. The number of rotatable bonds is 2. The summed E-state index contributed by atoms with van der Waals surface area (Å²) in [6.07, 6.45) is 1.93. The van der Waals surface area contributed by atoms with Crippen molar-refractivity contribution < 1.29 is 9.53 Å². The quantitative estimate of drug-likeness (QED) is 0.829. The van der Waals surface area contributed by atoms with Crippen molar-refractivity contribution in [3.63, 3.8) is 0 Å². The Balaban J connectivity index is 2.06. The van der Waals surface area contributed by atoms with Gasteiger partial charge in [-0.05, 0) is 61.2 Å². The van der Waals surface area contributed by atoms with E-state index in [0.29, 0.717) is 17.1 Å². The fraction of sp³-hybridized carbons (Fsp3) is 0.278. The highest BCUT2D eigenvalue weighted by Gasteiger charge is 2.27. The van der Waals surface area contributed by atoms with Crippen LogP contribution in [0.15, 0.2) is 36.4 Å². The highest BCUT2D eigenvalue weighted by molar-refractivity contribution is 6.30. The van der Waals surface area contributed by atoms with Crippen LogP contribution in [0.25, 0.3) is 0 Å². The Morgan fingerprint density at radius 2 is 1.91 bits per heavy atom. The first kappa shape index (κ1) is 14.9. The van der Waals surface area contributed by atoms with Gasteiger partial charge in [0, 0.05) is 17.1 Å². The number of fused-ring (bicyclic) bond motifs is 1. The fourth-order valence-electron chi connectivity index (χ4n) is 2.97. The topological polar surface area (TPSA) is 29.5 Å². The van der Waals surface area contributed by atoms with Gasteiger partial charge in [0.25, 0.3) is 5.91 Å². The van der Waals surface area contributed by atoms with Gasteiger partial charge in [-0.3, -0.25) is 4.79 Å². The maximum absolute atomic E-state index is 12.9. The van der Waals surface area contributed by atoms with Crippen molar-refractivity contribution in [2.45, 2.75) is 19.8 Å². The Bertz CT molecular complexity index is 710. The smallest absolute Gasteiger partial charge is 0.258 e. The molecule has 2 aromatic rings. The number of carbonyl (C=O) groups is 1. The highest BCUT2D eigenvalue weighted by Crippen LogP contribution is 2.38. The molecule has 114 valence electrons. The van der Waals surface area contributed by atoms with Crippen LogP contribution in [-0.2, 0) is 6.42 Å². The van der Waals surface area contributed by atoms with E-state index in [2.05, 4.69) is 6.92 Å². The molecule has 0 aliphatic carbocycles. The minimum absolute atomic E-state index is 0.0125. The maximum atomic E-state index is 12.9. The van der Waals surface area contributed by atoms with Crippen LogP contribution in [0.4, 0.5) is 5.69 Å². The van der Waals surface area contributed by atoms with Crippen molar-refractivity contribution in [2.75, 3.05) is 18.6 Å². The fourth-order valence-corrected chi connectivity index (χ4v) is 3.10. The van der Waals surface area contributed by atoms with Crippen LogP contribution < -0.4 is 9.64 Å². The lowest BCUT2D eigenvalue weighted by Crippen LogP contribution is -2.36. The number of aryl methyl sites for hydroxylation is 1. The Kier molecular flexibility index (Phi) is 4.08. The lowest BCUT2D eigenvalue weighted by Gasteiger charge is -2.32.